The molecule has 3 aromatic carbocycles. The smallest absolute Gasteiger partial charge is 0.165 e. The lowest BCUT2D eigenvalue weighted by molar-refractivity contribution is 0.433. The summed E-state index contributed by atoms with van der Waals surface area (Å²) in [6.45, 7) is 0. The second kappa shape index (κ2) is 5.38. The third kappa shape index (κ3) is 2.27. The summed E-state index contributed by atoms with van der Waals surface area (Å²) in [5.41, 5.74) is 3.01. The average Bonchev–Trinajstić information content (AvgIpc) is 2.99. The molecule has 1 aromatic heterocycles. The third-order valence-corrected chi connectivity index (χ3v) is 3.96. The van der Waals surface area contributed by atoms with Gasteiger partial charge in [0.05, 0.1) is 17.4 Å². The van der Waals surface area contributed by atoms with Crippen LogP contribution in [0.1, 0.15) is 0 Å². The van der Waals surface area contributed by atoms with Crippen molar-refractivity contribution in [3.63, 3.8) is 0 Å². The van der Waals surface area contributed by atoms with Crippen LogP contribution in [0.5, 0.6) is 11.5 Å². The number of phenols is 2. The van der Waals surface area contributed by atoms with Crippen LogP contribution in [0.3, 0.4) is 0 Å². The Balaban J connectivity index is 1.79. The number of hydrogen-bond acceptors (Lipinski definition) is 3. The largest absolute Gasteiger partial charge is 0.507 e. The fraction of sp³-hybridized carbons (Fsp3) is 0. The van der Waals surface area contributed by atoms with Gasteiger partial charge in [0.2, 0.25) is 0 Å². The normalized spacial score (nSPS) is 11.0. The van der Waals surface area contributed by atoms with Crippen LogP contribution in [-0.4, -0.2) is 20.0 Å². The molecule has 24 heavy (non-hydrogen) atoms. The molecule has 2 N–H and O–H groups in total. The van der Waals surface area contributed by atoms with Gasteiger partial charge in [0, 0.05) is 17.0 Å². The number of benzene rings is 3. The standard InChI is InChI=1S/C19H13FN2O2/c20-16-9-13-11-21-22(17(13)10-19(16)24)14-7-5-12(6-8-14)15-3-1-2-4-18(15)23/h1-11,23-24H. The second-order valence-electron chi connectivity index (χ2n) is 5.48. The summed E-state index contributed by atoms with van der Waals surface area (Å²) in [6, 6.07) is 17.2. The van der Waals surface area contributed by atoms with E-state index in [-0.39, 0.29) is 5.75 Å². The van der Waals surface area contributed by atoms with E-state index < -0.39 is 11.6 Å². The topological polar surface area (TPSA) is 58.3 Å². The Kier molecular flexibility index (Phi) is 3.20. The predicted molar refractivity (Wildman–Crippen MR) is 89.8 cm³/mol. The minimum atomic E-state index is -0.669. The predicted octanol–water partition coefficient (Wildman–Crippen LogP) is 4.24. The van der Waals surface area contributed by atoms with E-state index in [1.54, 1.807) is 23.0 Å². The molecule has 0 saturated carbocycles. The number of para-hydroxylation sites is 1. The summed E-state index contributed by atoms with van der Waals surface area (Å²) in [7, 11) is 0. The summed E-state index contributed by atoms with van der Waals surface area (Å²) in [5.74, 6) is -0.859. The van der Waals surface area contributed by atoms with Gasteiger partial charge in [-0.15, -0.1) is 0 Å². The van der Waals surface area contributed by atoms with E-state index in [1.807, 2.05) is 36.4 Å². The number of fused-ring (bicyclic) bond motifs is 1. The molecule has 4 nitrogen and oxygen atoms in total. The maximum Gasteiger partial charge on any atom is 0.165 e. The van der Waals surface area contributed by atoms with Gasteiger partial charge in [0.15, 0.2) is 11.6 Å². The SMILES string of the molecule is Oc1cc2c(cnn2-c2ccc(-c3ccccc3O)cc2)cc1F. The molecule has 0 aliphatic heterocycles. The van der Waals surface area contributed by atoms with Gasteiger partial charge in [-0.05, 0) is 29.8 Å². The zero-order chi connectivity index (χ0) is 16.7. The van der Waals surface area contributed by atoms with Crippen molar-refractivity contribution < 1.29 is 14.6 Å². The Morgan fingerprint density at radius 1 is 0.875 bits per heavy atom. The van der Waals surface area contributed by atoms with Crippen molar-refractivity contribution in [3.8, 4) is 28.3 Å². The van der Waals surface area contributed by atoms with Crippen molar-refractivity contribution >= 4 is 10.9 Å². The number of rotatable bonds is 2. The number of nitrogens with zero attached hydrogens (tertiary/aromatic N) is 2. The monoisotopic (exact) mass is 320 g/mol. The molecule has 0 spiro atoms. The number of hydrogen-bond donors (Lipinski definition) is 2. The molecule has 4 aromatic rings. The van der Waals surface area contributed by atoms with Crippen LogP contribution < -0.4 is 0 Å². The first-order valence-corrected chi connectivity index (χ1v) is 7.38. The van der Waals surface area contributed by atoms with E-state index in [2.05, 4.69) is 5.10 Å². The molecule has 0 atom stereocenters. The Hall–Kier alpha value is -3.34. The molecule has 0 bridgehead atoms. The number of phenolic OH excluding ortho intramolecular Hbond substituents is 2. The third-order valence-electron chi connectivity index (χ3n) is 3.96. The molecular weight excluding hydrogens is 307 g/mol. The lowest BCUT2D eigenvalue weighted by atomic mass is 10.0. The quantitative estimate of drug-likeness (QED) is 0.581. The van der Waals surface area contributed by atoms with Crippen LogP contribution in [0, 0.1) is 5.82 Å². The van der Waals surface area contributed by atoms with Gasteiger partial charge >= 0.3 is 0 Å². The molecule has 5 heteroatoms. The first-order valence-electron chi connectivity index (χ1n) is 7.38. The number of aromatic nitrogens is 2. The van der Waals surface area contributed by atoms with Crippen molar-refractivity contribution in [1.82, 2.24) is 9.78 Å². The van der Waals surface area contributed by atoms with E-state index in [4.69, 9.17) is 0 Å². The maximum absolute atomic E-state index is 13.4. The van der Waals surface area contributed by atoms with Crippen molar-refractivity contribution in [1.29, 1.82) is 0 Å². The van der Waals surface area contributed by atoms with Gasteiger partial charge < -0.3 is 10.2 Å². The van der Waals surface area contributed by atoms with Crippen molar-refractivity contribution in [3.05, 3.63) is 72.7 Å². The Morgan fingerprint density at radius 2 is 1.62 bits per heavy atom. The van der Waals surface area contributed by atoms with E-state index in [1.165, 1.54) is 12.1 Å². The molecule has 0 radical (unpaired) electrons. The first-order chi connectivity index (χ1) is 11.6. The van der Waals surface area contributed by atoms with E-state index >= 15 is 0 Å². The molecule has 118 valence electrons. The molecule has 0 amide bonds. The van der Waals surface area contributed by atoms with E-state index in [9.17, 15) is 14.6 Å². The first kappa shape index (κ1) is 14.3. The highest BCUT2D eigenvalue weighted by atomic mass is 19.1. The number of aromatic hydroxyl groups is 2. The zero-order valence-electron chi connectivity index (χ0n) is 12.5. The van der Waals surface area contributed by atoms with Crippen LogP contribution in [0.15, 0.2) is 66.9 Å². The molecule has 0 aliphatic rings. The molecule has 0 saturated heterocycles. The minimum absolute atomic E-state index is 0.218. The lowest BCUT2D eigenvalue weighted by Gasteiger charge is -2.07. The molecule has 0 fully saturated rings. The molecule has 0 unspecified atom stereocenters. The molecule has 4 rings (SSSR count). The molecular formula is C19H13FN2O2. The van der Waals surface area contributed by atoms with Crippen LogP contribution in [0.2, 0.25) is 0 Å². The molecule has 0 aliphatic carbocycles. The second-order valence-corrected chi connectivity index (χ2v) is 5.48. The fourth-order valence-electron chi connectivity index (χ4n) is 2.74. The van der Waals surface area contributed by atoms with Gasteiger partial charge in [-0.1, -0.05) is 30.3 Å². The Morgan fingerprint density at radius 3 is 2.38 bits per heavy atom. The van der Waals surface area contributed by atoms with Gasteiger partial charge in [-0.2, -0.15) is 5.10 Å². The lowest BCUT2D eigenvalue weighted by Crippen LogP contribution is -1.95. The van der Waals surface area contributed by atoms with Gasteiger partial charge in [0.1, 0.15) is 5.75 Å². The van der Waals surface area contributed by atoms with Crippen LogP contribution >= 0.6 is 0 Å². The van der Waals surface area contributed by atoms with Gasteiger partial charge in [-0.3, -0.25) is 0 Å². The van der Waals surface area contributed by atoms with E-state index in [0.29, 0.717) is 10.9 Å². The summed E-state index contributed by atoms with van der Waals surface area (Å²) in [6.07, 6.45) is 1.55. The number of halogens is 1. The van der Waals surface area contributed by atoms with Crippen LogP contribution in [0.4, 0.5) is 4.39 Å². The van der Waals surface area contributed by atoms with Crippen LogP contribution in [-0.2, 0) is 0 Å². The highest BCUT2D eigenvalue weighted by molar-refractivity contribution is 5.82. The van der Waals surface area contributed by atoms with Crippen molar-refractivity contribution in [2.75, 3.05) is 0 Å². The van der Waals surface area contributed by atoms with E-state index in [0.717, 1.165) is 16.8 Å². The minimum Gasteiger partial charge on any atom is -0.507 e. The highest BCUT2D eigenvalue weighted by Gasteiger charge is 2.10. The summed E-state index contributed by atoms with van der Waals surface area (Å²) in [4.78, 5) is 0. The van der Waals surface area contributed by atoms with Gasteiger partial charge in [0.25, 0.3) is 0 Å². The zero-order valence-corrected chi connectivity index (χ0v) is 12.5. The van der Waals surface area contributed by atoms with Crippen molar-refractivity contribution in [2.45, 2.75) is 0 Å². The molecule has 1 heterocycles. The van der Waals surface area contributed by atoms with Crippen LogP contribution in [0.25, 0.3) is 27.7 Å². The highest BCUT2D eigenvalue weighted by Crippen LogP contribution is 2.30. The maximum atomic E-state index is 13.4. The average molecular weight is 320 g/mol. The van der Waals surface area contributed by atoms with Gasteiger partial charge in [-0.25, -0.2) is 9.07 Å². The summed E-state index contributed by atoms with van der Waals surface area (Å²) >= 11 is 0. The Labute approximate surface area is 137 Å². The Bertz CT molecular complexity index is 1040. The van der Waals surface area contributed by atoms with Crippen molar-refractivity contribution in [2.24, 2.45) is 0 Å². The summed E-state index contributed by atoms with van der Waals surface area (Å²) in [5, 5.41) is 24.4. The fourth-order valence-corrected chi connectivity index (χ4v) is 2.74. The summed E-state index contributed by atoms with van der Waals surface area (Å²) < 4.78 is 15.1.